The molecule has 0 aliphatic heterocycles. The third-order valence-electron chi connectivity index (χ3n) is 3.56. The van der Waals surface area contributed by atoms with Gasteiger partial charge in [0.1, 0.15) is 5.75 Å². The maximum atomic E-state index is 12.4. The van der Waals surface area contributed by atoms with Crippen LogP contribution in [0, 0.1) is 0 Å². The van der Waals surface area contributed by atoms with Crippen LogP contribution in [0.2, 0.25) is 0 Å². The minimum atomic E-state index is -3.64. The Morgan fingerprint density at radius 1 is 1.17 bits per heavy atom. The smallest absolute Gasteiger partial charge is 0.261 e. The molecule has 1 aromatic heterocycles. The predicted molar refractivity (Wildman–Crippen MR) is 89.2 cm³/mol. The molecule has 0 aliphatic rings. The lowest BCUT2D eigenvalue weighted by atomic mass is 10.2. The van der Waals surface area contributed by atoms with Crippen LogP contribution < -0.4 is 9.46 Å². The van der Waals surface area contributed by atoms with Gasteiger partial charge in [-0.25, -0.2) is 8.42 Å². The second-order valence-corrected chi connectivity index (χ2v) is 6.70. The maximum Gasteiger partial charge on any atom is 0.261 e. The zero-order chi connectivity index (χ0) is 16.4. The highest BCUT2D eigenvalue weighted by molar-refractivity contribution is 7.92. The molecule has 0 fully saturated rings. The van der Waals surface area contributed by atoms with Crippen LogP contribution >= 0.6 is 0 Å². The van der Waals surface area contributed by atoms with Crippen LogP contribution in [0.3, 0.4) is 0 Å². The molecule has 0 amide bonds. The van der Waals surface area contributed by atoms with Crippen molar-refractivity contribution in [2.75, 3.05) is 11.8 Å². The number of sulfonamides is 1. The van der Waals surface area contributed by atoms with Crippen LogP contribution in [-0.2, 0) is 16.6 Å². The molecule has 0 spiro atoms. The van der Waals surface area contributed by atoms with Crippen LogP contribution in [0.1, 0.15) is 6.92 Å². The van der Waals surface area contributed by atoms with Crippen molar-refractivity contribution in [2.45, 2.75) is 18.4 Å². The number of fused-ring (bicyclic) bond motifs is 1. The van der Waals surface area contributed by atoms with E-state index in [2.05, 4.69) is 9.82 Å². The van der Waals surface area contributed by atoms with E-state index in [1.807, 2.05) is 17.7 Å². The van der Waals surface area contributed by atoms with Crippen molar-refractivity contribution in [1.29, 1.82) is 0 Å². The summed E-state index contributed by atoms with van der Waals surface area (Å²) in [5, 5.41) is 5.14. The standard InChI is InChI=1S/C16H17N3O3S/c1-3-19-16-9-4-13(10-12(16)11-17-19)18-23(20,21)15-7-5-14(22-2)6-8-15/h4-11,18H,3H2,1-2H3. The quantitative estimate of drug-likeness (QED) is 0.780. The monoisotopic (exact) mass is 331 g/mol. The summed E-state index contributed by atoms with van der Waals surface area (Å²) in [6.45, 7) is 2.77. The maximum absolute atomic E-state index is 12.4. The first-order chi connectivity index (χ1) is 11.0. The Kier molecular flexibility index (Phi) is 3.96. The Morgan fingerprint density at radius 2 is 1.91 bits per heavy atom. The summed E-state index contributed by atoms with van der Waals surface area (Å²) in [7, 11) is -2.10. The number of benzene rings is 2. The Morgan fingerprint density at radius 3 is 2.57 bits per heavy atom. The lowest BCUT2D eigenvalue weighted by Gasteiger charge is -2.09. The van der Waals surface area contributed by atoms with Crippen LogP contribution in [-0.4, -0.2) is 25.3 Å². The molecule has 2 aromatic carbocycles. The summed E-state index contributed by atoms with van der Waals surface area (Å²) in [6, 6.07) is 11.6. The molecule has 0 atom stereocenters. The van der Waals surface area contributed by atoms with Crippen LogP contribution in [0.15, 0.2) is 53.6 Å². The van der Waals surface area contributed by atoms with E-state index in [9.17, 15) is 8.42 Å². The fourth-order valence-electron chi connectivity index (χ4n) is 2.37. The van der Waals surface area contributed by atoms with Gasteiger partial charge >= 0.3 is 0 Å². The first kappa shape index (κ1) is 15.4. The number of hydrogen-bond acceptors (Lipinski definition) is 4. The first-order valence-electron chi connectivity index (χ1n) is 7.16. The first-order valence-corrected chi connectivity index (χ1v) is 8.64. The van der Waals surface area contributed by atoms with Crippen molar-refractivity contribution in [3.05, 3.63) is 48.7 Å². The number of aromatic nitrogens is 2. The molecule has 0 unspecified atom stereocenters. The van der Waals surface area contributed by atoms with Gasteiger partial charge in [0.25, 0.3) is 10.0 Å². The SMILES string of the molecule is CCn1ncc2cc(NS(=O)(=O)c3ccc(OC)cc3)ccc21. The largest absolute Gasteiger partial charge is 0.497 e. The Balaban J connectivity index is 1.90. The van der Waals surface area contributed by atoms with Crippen molar-refractivity contribution in [3.63, 3.8) is 0 Å². The molecule has 0 radical (unpaired) electrons. The highest BCUT2D eigenvalue weighted by atomic mass is 32.2. The zero-order valence-corrected chi connectivity index (χ0v) is 13.7. The lowest BCUT2D eigenvalue weighted by molar-refractivity contribution is 0.414. The van der Waals surface area contributed by atoms with Crippen molar-refractivity contribution in [3.8, 4) is 5.75 Å². The molecule has 6 nitrogen and oxygen atoms in total. The normalized spacial score (nSPS) is 11.6. The van der Waals surface area contributed by atoms with E-state index in [0.29, 0.717) is 11.4 Å². The summed E-state index contributed by atoms with van der Waals surface area (Å²) in [4.78, 5) is 0.183. The number of methoxy groups -OCH3 is 1. The van der Waals surface area contributed by atoms with Crippen LogP contribution in [0.25, 0.3) is 10.9 Å². The van der Waals surface area contributed by atoms with Crippen molar-refractivity contribution < 1.29 is 13.2 Å². The molecule has 0 saturated heterocycles. The Bertz CT molecular complexity index is 931. The molecule has 1 heterocycles. The lowest BCUT2D eigenvalue weighted by Crippen LogP contribution is -2.12. The van der Waals surface area contributed by atoms with E-state index in [4.69, 9.17) is 4.74 Å². The summed E-state index contributed by atoms with van der Waals surface area (Å²) >= 11 is 0. The van der Waals surface area contributed by atoms with Gasteiger partial charge in [-0.05, 0) is 49.4 Å². The van der Waals surface area contributed by atoms with Crippen molar-refractivity contribution >= 4 is 26.6 Å². The van der Waals surface area contributed by atoms with E-state index in [1.54, 1.807) is 30.5 Å². The third kappa shape index (κ3) is 3.00. The molecular weight excluding hydrogens is 314 g/mol. The van der Waals surface area contributed by atoms with Gasteiger partial charge < -0.3 is 4.74 Å². The van der Waals surface area contributed by atoms with Gasteiger partial charge in [0, 0.05) is 17.6 Å². The number of aryl methyl sites for hydroxylation is 1. The molecule has 23 heavy (non-hydrogen) atoms. The molecule has 7 heteroatoms. The molecule has 0 bridgehead atoms. The fourth-order valence-corrected chi connectivity index (χ4v) is 3.42. The molecule has 3 rings (SSSR count). The van der Waals surface area contributed by atoms with Gasteiger partial charge in [-0.2, -0.15) is 5.10 Å². The minimum absolute atomic E-state index is 0.183. The number of nitrogens with one attached hydrogen (secondary N) is 1. The Labute approximate surface area is 134 Å². The fraction of sp³-hybridized carbons (Fsp3) is 0.188. The van der Waals surface area contributed by atoms with Crippen molar-refractivity contribution in [2.24, 2.45) is 0 Å². The highest BCUT2D eigenvalue weighted by Gasteiger charge is 2.14. The molecular formula is C16H17N3O3S. The van der Waals surface area contributed by atoms with E-state index in [1.165, 1.54) is 19.2 Å². The zero-order valence-electron chi connectivity index (χ0n) is 12.9. The van der Waals surface area contributed by atoms with Crippen LogP contribution in [0.5, 0.6) is 5.75 Å². The van der Waals surface area contributed by atoms with E-state index in [-0.39, 0.29) is 4.90 Å². The average Bonchev–Trinajstić information content (AvgIpc) is 2.96. The van der Waals surface area contributed by atoms with Gasteiger partial charge in [0.05, 0.1) is 23.7 Å². The van der Waals surface area contributed by atoms with Gasteiger partial charge in [0.15, 0.2) is 0 Å². The van der Waals surface area contributed by atoms with E-state index >= 15 is 0 Å². The highest BCUT2D eigenvalue weighted by Crippen LogP contribution is 2.22. The third-order valence-corrected chi connectivity index (χ3v) is 4.96. The second-order valence-electron chi connectivity index (χ2n) is 5.01. The van der Waals surface area contributed by atoms with Gasteiger partial charge in [-0.1, -0.05) is 0 Å². The predicted octanol–water partition coefficient (Wildman–Crippen LogP) is 2.87. The molecule has 1 N–H and O–H groups in total. The minimum Gasteiger partial charge on any atom is -0.497 e. The average molecular weight is 331 g/mol. The number of nitrogens with zero attached hydrogens (tertiary/aromatic N) is 2. The summed E-state index contributed by atoms with van der Waals surface area (Å²) in [5.41, 5.74) is 1.48. The molecule has 0 saturated carbocycles. The van der Waals surface area contributed by atoms with E-state index in [0.717, 1.165) is 17.4 Å². The second kappa shape index (κ2) is 5.92. The van der Waals surface area contributed by atoms with Gasteiger partial charge in [-0.3, -0.25) is 9.40 Å². The topological polar surface area (TPSA) is 73.2 Å². The number of rotatable bonds is 5. The summed E-state index contributed by atoms with van der Waals surface area (Å²) in [6.07, 6.45) is 1.73. The number of ether oxygens (including phenoxy) is 1. The molecule has 0 aliphatic carbocycles. The molecule has 120 valence electrons. The van der Waals surface area contributed by atoms with Crippen molar-refractivity contribution in [1.82, 2.24) is 9.78 Å². The Hall–Kier alpha value is -2.54. The van der Waals surface area contributed by atoms with Crippen LogP contribution in [0.4, 0.5) is 5.69 Å². The summed E-state index contributed by atoms with van der Waals surface area (Å²) < 4.78 is 34.3. The number of anilines is 1. The molecule has 3 aromatic rings. The van der Waals surface area contributed by atoms with E-state index < -0.39 is 10.0 Å². The van der Waals surface area contributed by atoms with Gasteiger partial charge in [0.2, 0.25) is 0 Å². The summed E-state index contributed by atoms with van der Waals surface area (Å²) in [5.74, 6) is 0.609. The number of hydrogen-bond donors (Lipinski definition) is 1. The van der Waals surface area contributed by atoms with Gasteiger partial charge in [-0.15, -0.1) is 0 Å².